The van der Waals surface area contributed by atoms with Crippen LogP contribution >= 0.6 is 0 Å². The molecule has 0 spiro atoms. The number of ketones is 1. The zero-order valence-electron chi connectivity index (χ0n) is 23.3. The summed E-state index contributed by atoms with van der Waals surface area (Å²) in [6, 6.07) is 10.7. The second-order valence-electron chi connectivity index (χ2n) is 10.6. The molecule has 3 aromatic rings. The number of benzene rings is 2. The van der Waals surface area contributed by atoms with Gasteiger partial charge in [0.15, 0.2) is 5.78 Å². The smallest absolute Gasteiger partial charge is 0.251 e. The van der Waals surface area contributed by atoms with Gasteiger partial charge in [-0.05, 0) is 86.1 Å². The summed E-state index contributed by atoms with van der Waals surface area (Å²) in [5.41, 5.74) is 12.6. The Kier molecular flexibility index (Phi) is 9.03. The van der Waals surface area contributed by atoms with E-state index in [-0.39, 0.29) is 37.0 Å². The maximum atomic E-state index is 14.3. The standard InChI is InChI=1S/C32H33F3N4O3/c1-2-42-32-26-6-3-4-8-29(26)39(38-32)18-24(40)15-21(12-19-13-22(33)17-23(34)14-19)30-25(7-5-11-37-30)20-9-10-28(35)27(16-20)31(36)41/h5,7,9-11,13-14,16-17,21,32,38H,2-4,6,8,12,15,18H2,1H3,(H2,36,41)/t21-,32?/m1/s1. The van der Waals surface area contributed by atoms with E-state index in [4.69, 9.17) is 10.5 Å². The molecular weight excluding hydrogens is 545 g/mol. The Balaban J connectivity index is 1.47. The van der Waals surface area contributed by atoms with Crippen molar-refractivity contribution in [1.82, 2.24) is 15.4 Å². The lowest BCUT2D eigenvalue weighted by Gasteiger charge is -2.25. The number of halogens is 3. The molecule has 0 bridgehead atoms. The van der Waals surface area contributed by atoms with Gasteiger partial charge in [-0.1, -0.05) is 12.1 Å². The number of hydrazine groups is 1. The first-order valence-electron chi connectivity index (χ1n) is 14.1. The second kappa shape index (κ2) is 12.9. The van der Waals surface area contributed by atoms with Crippen molar-refractivity contribution in [2.24, 2.45) is 5.73 Å². The number of primary amides is 1. The van der Waals surface area contributed by atoms with Crippen molar-refractivity contribution >= 4 is 11.7 Å². The largest absolute Gasteiger partial charge is 0.366 e. The van der Waals surface area contributed by atoms with Crippen LogP contribution in [0.5, 0.6) is 0 Å². The molecule has 3 N–H and O–H groups in total. The van der Waals surface area contributed by atoms with Gasteiger partial charge in [-0.3, -0.25) is 14.6 Å². The van der Waals surface area contributed by atoms with Crippen LogP contribution in [0, 0.1) is 17.5 Å². The highest BCUT2D eigenvalue weighted by Crippen LogP contribution is 2.36. The van der Waals surface area contributed by atoms with Crippen LogP contribution in [0.3, 0.4) is 0 Å². The number of carbonyl (C=O) groups is 2. The summed E-state index contributed by atoms with van der Waals surface area (Å²) in [7, 11) is 0. The number of nitrogens with zero attached hydrogens (tertiary/aromatic N) is 2. The van der Waals surface area contributed by atoms with Crippen molar-refractivity contribution < 1.29 is 27.5 Å². The van der Waals surface area contributed by atoms with Gasteiger partial charge in [0.05, 0.1) is 17.8 Å². The number of amides is 1. The van der Waals surface area contributed by atoms with Gasteiger partial charge in [-0.15, -0.1) is 0 Å². The number of hydrogen-bond donors (Lipinski definition) is 2. The zero-order chi connectivity index (χ0) is 29.8. The lowest BCUT2D eigenvalue weighted by atomic mass is 9.86. The Labute approximate surface area is 242 Å². The van der Waals surface area contributed by atoms with Crippen LogP contribution in [0.4, 0.5) is 13.2 Å². The summed E-state index contributed by atoms with van der Waals surface area (Å²) < 4.78 is 48.4. The van der Waals surface area contributed by atoms with E-state index < -0.39 is 29.3 Å². The van der Waals surface area contributed by atoms with Gasteiger partial charge >= 0.3 is 0 Å². The highest BCUT2D eigenvalue weighted by atomic mass is 19.1. The summed E-state index contributed by atoms with van der Waals surface area (Å²) in [5.74, 6) is -3.79. The average molecular weight is 579 g/mol. The van der Waals surface area contributed by atoms with E-state index in [0.717, 1.165) is 43.5 Å². The van der Waals surface area contributed by atoms with Gasteiger partial charge in [0.2, 0.25) is 0 Å². The average Bonchev–Trinajstić information content (AvgIpc) is 3.29. The van der Waals surface area contributed by atoms with Crippen LogP contribution in [0.15, 0.2) is 66.0 Å². The summed E-state index contributed by atoms with van der Waals surface area (Å²) >= 11 is 0. The molecule has 2 atom stereocenters. The van der Waals surface area contributed by atoms with E-state index in [1.54, 1.807) is 18.3 Å². The van der Waals surface area contributed by atoms with Crippen molar-refractivity contribution in [3.05, 3.63) is 100 Å². The first-order chi connectivity index (χ1) is 20.2. The number of Topliss-reactive ketones (excluding diaryl/α,β-unsaturated/α-hetero) is 1. The molecule has 1 amide bonds. The number of rotatable bonds is 11. The Bertz CT molecular complexity index is 1510. The molecule has 42 heavy (non-hydrogen) atoms. The van der Waals surface area contributed by atoms with E-state index in [2.05, 4.69) is 10.4 Å². The molecule has 0 saturated heterocycles. The fourth-order valence-corrected chi connectivity index (χ4v) is 5.91. The second-order valence-corrected chi connectivity index (χ2v) is 10.6. The molecule has 0 saturated carbocycles. The molecule has 2 heterocycles. The van der Waals surface area contributed by atoms with Gasteiger partial charge in [0, 0.05) is 42.5 Å². The van der Waals surface area contributed by atoms with Gasteiger partial charge in [-0.25, -0.2) is 18.6 Å². The number of nitrogens with one attached hydrogen (secondary N) is 1. The van der Waals surface area contributed by atoms with E-state index in [1.165, 1.54) is 29.8 Å². The molecule has 10 heteroatoms. The fourth-order valence-electron chi connectivity index (χ4n) is 5.91. The van der Waals surface area contributed by atoms with Gasteiger partial charge in [0.1, 0.15) is 23.7 Å². The van der Waals surface area contributed by atoms with Crippen LogP contribution in [0.2, 0.25) is 0 Å². The Morgan fingerprint density at radius 1 is 1.10 bits per heavy atom. The molecule has 2 aliphatic rings. The molecule has 7 nitrogen and oxygen atoms in total. The van der Waals surface area contributed by atoms with Crippen LogP contribution in [-0.2, 0) is 16.0 Å². The summed E-state index contributed by atoms with van der Waals surface area (Å²) in [4.78, 5) is 30.1. The van der Waals surface area contributed by atoms with E-state index in [9.17, 15) is 22.8 Å². The van der Waals surface area contributed by atoms with Crippen LogP contribution in [0.25, 0.3) is 11.1 Å². The number of nitrogens with two attached hydrogens (primary N) is 1. The van der Waals surface area contributed by atoms with Crippen molar-refractivity contribution in [3.63, 3.8) is 0 Å². The maximum Gasteiger partial charge on any atom is 0.251 e. The zero-order valence-corrected chi connectivity index (χ0v) is 23.3. The molecule has 1 aliphatic carbocycles. The fraction of sp³-hybridized carbons (Fsp3) is 0.344. The molecule has 1 aromatic heterocycles. The molecule has 0 radical (unpaired) electrons. The highest BCUT2D eigenvalue weighted by molar-refractivity contribution is 5.94. The first-order valence-corrected chi connectivity index (χ1v) is 14.1. The Hall–Kier alpha value is -4.02. The van der Waals surface area contributed by atoms with Gasteiger partial charge in [0.25, 0.3) is 5.91 Å². The van der Waals surface area contributed by atoms with Crippen LogP contribution < -0.4 is 11.2 Å². The number of aromatic nitrogens is 1. The van der Waals surface area contributed by atoms with Crippen LogP contribution in [-0.4, -0.2) is 41.1 Å². The summed E-state index contributed by atoms with van der Waals surface area (Å²) in [6.07, 6.45) is 5.31. The highest BCUT2D eigenvalue weighted by Gasteiger charge is 2.34. The Morgan fingerprint density at radius 2 is 1.86 bits per heavy atom. The molecule has 0 fully saturated rings. The van der Waals surface area contributed by atoms with Gasteiger partial charge < -0.3 is 15.5 Å². The van der Waals surface area contributed by atoms with Crippen molar-refractivity contribution in [2.45, 2.75) is 57.6 Å². The summed E-state index contributed by atoms with van der Waals surface area (Å²) in [6.45, 7) is 2.54. The number of ether oxygens (including phenoxy) is 1. The third-order valence-corrected chi connectivity index (χ3v) is 7.71. The predicted molar refractivity (Wildman–Crippen MR) is 151 cm³/mol. The maximum absolute atomic E-state index is 14.3. The number of carbonyl (C=O) groups excluding carboxylic acids is 2. The van der Waals surface area contributed by atoms with Crippen LogP contribution in [0.1, 0.15) is 66.6 Å². The number of hydrogen-bond acceptors (Lipinski definition) is 6. The third-order valence-electron chi connectivity index (χ3n) is 7.71. The monoisotopic (exact) mass is 578 g/mol. The molecule has 220 valence electrons. The summed E-state index contributed by atoms with van der Waals surface area (Å²) in [5, 5.41) is 1.87. The SMILES string of the molecule is CCOC1NN(CC(=O)C[C@@H](Cc2cc(F)cc(F)c2)c2ncccc2-c2ccc(F)c(C(N)=O)c2)C2=C1CCCC2. The van der Waals surface area contributed by atoms with E-state index >= 15 is 0 Å². The minimum absolute atomic E-state index is 0.0200. The predicted octanol–water partition coefficient (Wildman–Crippen LogP) is 5.56. The minimum Gasteiger partial charge on any atom is -0.366 e. The quantitative estimate of drug-likeness (QED) is 0.309. The normalized spacial score (nSPS) is 17.3. The van der Waals surface area contributed by atoms with Crippen molar-refractivity contribution in [1.29, 1.82) is 0 Å². The molecule has 2 aromatic carbocycles. The Morgan fingerprint density at radius 3 is 2.60 bits per heavy atom. The van der Waals surface area contributed by atoms with Gasteiger partial charge in [-0.2, -0.15) is 0 Å². The third kappa shape index (κ3) is 6.55. The van der Waals surface area contributed by atoms with E-state index in [1.807, 2.05) is 11.9 Å². The molecule has 5 rings (SSSR count). The molecule has 1 unspecified atom stereocenters. The van der Waals surface area contributed by atoms with Crippen molar-refractivity contribution in [2.75, 3.05) is 13.2 Å². The number of pyridine rings is 1. The molecule has 1 aliphatic heterocycles. The molecular formula is C32H33F3N4O3. The van der Waals surface area contributed by atoms with Crippen molar-refractivity contribution in [3.8, 4) is 11.1 Å². The lowest BCUT2D eigenvalue weighted by molar-refractivity contribution is -0.121. The first kappa shape index (κ1) is 29.5. The van der Waals surface area contributed by atoms with E-state index in [0.29, 0.717) is 29.0 Å². The number of allylic oxidation sites excluding steroid dienone is 1. The lowest BCUT2D eigenvalue weighted by Crippen LogP contribution is -2.42. The topological polar surface area (TPSA) is 97.6 Å². The minimum atomic E-state index is -0.915.